The number of benzene rings is 2. The minimum atomic E-state index is 0.102. The molecular formula is C16H16Cl2N2O. The summed E-state index contributed by atoms with van der Waals surface area (Å²) in [5, 5.41) is 1.32. The van der Waals surface area contributed by atoms with Crippen LogP contribution in [0.15, 0.2) is 36.4 Å². The van der Waals surface area contributed by atoms with Crippen molar-refractivity contribution >= 4 is 34.6 Å². The molecule has 110 valence electrons. The monoisotopic (exact) mass is 322 g/mol. The van der Waals surface area contributed by atoms with Gasteiger partial charge in [-0.3, -0.25) is 0 Å². The van der Waals surface area contributed by atoms with Crippen LogP contribution in [0.5, 0.6) is 5.75 Å². The van der Waals surface area contributed by atoms with Gasteiger partial charge in [-0.2, -0.15) is 0 Å². The highest BCUT2D eigenvalue weighted by atomic mass is 35.5. The first kappa shape index (κ1) is 14.4. The van der Waals surface area contributed by atoms with Gasteiger partial charge >= 0.3 is 0 Å². The maximum absolute atomic E-state index is 6.28. The SMILES string of the molecule is CC1CN(Cc2ccc(Cl)cc2Cl)c2ccc(N)cc2O1. The Morgan fingerprint density at radius 3 is 2.81 bits per heavy atom. The van der Waals surface area contributed by atoms with E-state index in [4.69, 9.17) is 33.7 Å². The first-order chi connectivity index (χ1) is 10.0. The van der Waals surface area contributed by atoms with Gasteiger partial charge in [0.1, 0.15) is 11.9 Å². The molecule has 0 aliphatic carbocycles. The lowest BCUT2D eigenvalue weighted by Crippen LogP contribution is -2.38. The Labute approximate surface area is 134 Å². The van der Waals surface area contributed by atoms with Gasteiger partial charge in [0.25, 0.3) is 0 Å². The van der Waals surface area contributed by atoms with E-state index in [1.807, 2.05) is 37.3 Å². The summed E-state index contributed by atoms with van der Waals surface area (Å²) in [6.07, 6.45) is 0.102. The van der Waals surface area contributed by atoms with Crippen LogP contribution in [0.3, 0.4) is 0 Å². The minimum absolute atomic E-state index is 0.102. The number of ether oxygens (including phenoxy) is 1. The molecule has 2 aromatic rings. The van der Waals surface area contributed by atoms with Crippen molar-refractivity contribution in [3.8, 4) is 5.75 Å². The first-order valence-electron chi connectivity index (χ1n) is 6.78. The minimum Gasteiger partial charge on any atom is -0.487 e. The van der Waals surface area contributed by atoms with Crippen molar-refractivity contribution in [3.63, 3.8) is 0 Å². The van der Waals surface area contributed by atoms with Gasteiger partial charge in [0, 0.05) is 28.3 Å². The summed E-state index contributed by atoms with van der Waals surface area (Å²) in [6, 6.07) is 11.3. The fourth-order valence-corrected chi connectivity index (χ4v) is 3.02. The Hall–Kier alpha value is -1.58. The molecule has 1 unspecified atom stereocenters. The van der Waals surface area contributed by atoms with E-state index in [2.05, 4.69) is 4.90 Å². The number of hydrogen-bond acceptors (Lipinski definition) is 3. The Morgan fingerprint density at radius 1 is 1.24 bits per heavy atom. The van der Waals surface area contributed by atoms with E-state index in [9.17, 15) is 0 Å². The second-order valence-electron chi connectivity index (χ2n) is 5.27. The topological polar surface area (TPSA) is 38.5 Å². The Morgan fingerprint density at radius 2 is 2.05 bits per heavy atom. The van der Waals surface area contributed by atoms with Crippen LogP contribution in [0, 0.1) is 0 Å². The van der Waals surface area contributed by atoms with E-state index in [0.29, 0.717) is 22.3 Å². The van der Waals surface area contributed by atoms with Crippen LogP contribution in [-0.4, -0.2) is 12.6 Å². The normalized spacial score (nSPS) is 17.3. The summed E-state index contributed by atoms with van der Waals surface area (Å²) < 4.78 is 5.85. The summed E-state index contributed by atoms with van der Waals surface area (Å²) >= 11 is 12.2. The zero-order valence-corrected chi connectivity index (χ0v) is 13.2. The van der Waals surface area contributed by atoms with Gasteiger partial charge in [0.2, 0.25) is 0 Å². The molecule has 2 N–H and O–H groups in total. The Bertz CT molecular complexity index is 675. The van der Waals surface area contributed by atoms with Crippen molar-refractivity contribution < 1.29 is 4.74 Å². The predicted octanol–water partition coefficient (Wildman–Crippen LogP) is 4.36. The predicted molar refractivity (Wildman–Crippen MR) is 88.5 cm³/mol. The molecule has 1 aliphatic heterocycles. The van der Waals surface area contributed by atoms with Crippen molar-refractivity contribution in [1.29, 1.82) is 0 Å². The van der Waals surface area contributed by atoms with Gasteiger partial charge in [-0.15, -0.1) is 0 Å². The summed E-state index contributed by atoms with van der Waals surface area (Å²) in [7, 11) is 0. The van der Waals surface area contributed by atoms with Crippen molar-refractivity contribution in [2.24, 2.45) is 0 Å². The molecule has 2 aromatic carbocycles. The lowest BCUT2D eigenvalue weighted by atomic mass is 10.1. The molecule has 0 aromatic heterocycles. The lowest BCUT2D eigenvalue weighted by Gasteiger charge is -2.35. The molecule has 1 heterocycles. The first-order valence-corrected chi connectivity index (χ1v) is 7.53. The molecule has 0 saturated carbocycles. The number of anilines is 2. The van der Waals surface area contributed by atoms with Crippen LogP contribution in [0.4, 0.5) is 11.4 Å². The largest absolute Gasteiger partial charge is 0.487 e. The third kappa shape index (κ3) is 3.04. The Kier molecular flexibility index (Phi) is 3.87. The summed E-state index contributed by atoms with van der Waals surface area (Å²) in [4.78, 5) is 2.25. The fourth-order valence-electron chi connectivity index (χ4n) is 2.55. The molecule has 3 nitrogen and oxygen atoms in total. The maximum atomic E-state index is 6.28. The van der Waals surface area contributed by atoms with Crippen LogP contribution in [-0.2, 0) is 6.54 Å². The second-order valence-corrected chi connectivity index (χ2v) is 6.12. The molecule has 0 bridgehead atoms. The van der Waals surface area contributed by atoms with Gasteiger partial charge in [0.05, 0.1) is 12.2 Å². The number of fused-ring (bicyclic) bond motifs is 1. The van der Waals surface area contributed by atoms with Crippen molar-refractivity contribution in [2.75, 3.05) is 17.2 Å². The smallest absolute Gasteiger partial charge is 0.145 e. The zero-order valence-electron chi connectivity index (χ0n) is 11.6. The lowest BCUT2D eigenvalue weighted by molar-refractivity contribution is 0.212. The molecule has 0 saturated heterocycles. The highest BCUT2D eigenvalue weighted by molar-refractivity contribution is 6.35. The molecule has 0 radical (unpaired) electrons. The highest BCUT2D eigenvalue weighted by Gasteiger charge is 2.23. The number of nitrogen functional groups attached to an aromatic ring is 1. The van der Waals surface area contributed by atoms with E-state index in [1.165, 1.54) is 0 Å². The summed E-state index contributed by atoms with van der Waals surface area (Å²) in [5.41, 5.74) is 8.61. The molecule has 3 rings (SSSR count). The van der Waals surface area contributed by atoms with E-state index in [1.54, 1.807) is 6.07 Å². The fraction of sp³-hybridized carbons (Fsp3) is 0.250. The molecule has 0 fully saturated rings. The maximum Gasteiger partial charge on any atom is 0.145 e. The Balaban J connectivity index is 1.92. The van der Waals surface area contributed by atoms with Crippen molar-refractivity contribution in [2.45, 2.75) is 19.6 Å². The number of nitrogens with two attached hydrogens (primary N) is 1. The molecule has 1 aliphatic rings. The summed E-state index contributed by atoms with van der Waals surface area (Å²) in [6.45, 7) is 3.55. The van der Waals surface area contributed by atoms with Crippen LogP contribution in [0.2, 0.25) is 10.0 Å². The van der Waals surface area contributed by atoms with Gasteiger partial charge in [-0.1, -0.05) is 29.3 Å². The quantitative estimate of drug-likeness (QED) is 0.835. The number of halogens is 2. The average Bonchev–Trinajstić information content (AvgIpc) is 2.41. The van der Waals surface area contributed by atoms with Gasteiger partial charge in [-0.05, 0) is 36.8 Å². The highest BCUT2D eigenvalue weighted by Crippen LogP contribution is 2.36. The number of nitrogens with zero attached hydrogens (tertiary/aromatic N) is 1. The molecule has 21 heavy (non-hydrogen) atoms. The van der Waals surface area contributed by atoms with Gasteiger partial charge < -0.3 is 15.4 Å². The number of rotatable bonds is 2. The van der Waals surface area contributed by atoms with Crippen LogP contribution < -0.4 is 15.4 Å². The standard InChI is InChI=1S/C16H16Cl2N2O/c1-10-8-20(9-11-2-3-12(17)6-14(11)18)15-5-4-13(19)7-16(15)21-10/h2-7,10H,8-9,19H2,1H3. The molecule has 5 heteroatoms. The van der Waals surface area contributed by atoms with E-state index >= 15 is 0 Å². The van der Waals surface area contributed by atoms with Crippen LogP contribution in [0.25, 0.3) is 0 Å². The van der Waals surface area contributed by atoms with E-state index < -0.39 is 0 Å². The second kappa shape index (κ2) is 5.66. The third-order valence-corrected chi connectivity index (χ3v) is 4.09. The van der Waals surface area contributed by atoms with Gasteiger partial charge in [0.15, 0.2) is 0 Å². The van der Waals surface area contributed by atoms with E-state index in [-0.39, 0.29) is 6.10 Å². The third-order valence-electron chi connectivity index (χ3n) is 3.51. The van der Waals surface area contributed by atoms with Crippen LogP contribution in [0.1, 0.15) is 12.5 Å². The van der Waals surface area contributed by atoms with Crippen LogP contribution >= 0.6 is 23.2 Å². The zero-order chi connectivity index (χ0) is 15.0. The molecule has 0 amide bonds. The molecular weight excluding hydrogens is 307 g/mol. The van der Waals surface area contributed by atoms with Crippen molar-refractivity contribution in [1.82, 2.24) is 0 Å². The number of hydrogen-bond donors (Lipinski definition) is 1. The average molecular weight is 323 g/mol. The summed E-state index contributed by atoms with van der Waals surface area (Å²) in [5.74, 6) is 0.818. The molecule has 1 atom stereocenters. The van der Waals surface area contributed by atoms with Crippen molar-refractivity contribution in [3.05, 3.63) is 52.0 Å². The van der Waals surface area contributed by atoms with E-state index in [0.717, 1.165) is 23.5 Å². The van der Waals surface area contributed by atoms with Gasteiger partial charge in [-0.25, -0.2) is 0 Å². The molecule has 0 spiro atoms.